The Bertz CT molecular complexity index is 949. The van der Waals surface area contributed by atoms with Crippen molar-refractivity contribution >= 4 is 22.4 Å². The molecule has 1 aliphatic rings. The number of ketones is 1. The number of anilines is 1. The molecule has 2 heterocycles. The molecular weight excluding hydrogens is 338 g/mol. The van der Waals surface area contributed by atoms with E-state index in [0.717, 1.165) is 41.9 Å². The third kappa shape index (κ3) is 3.55. The van der Waals surface area contributed by atoms with E-state index in [1.807, 2.05) is 42.6 Å². The van der Waals surface area contributed by atoms with Crippen LogP contribution in [0.5, 0.6) is 5.75 Å². The molecule has 5 heteroatoms. The van der Waals surface area contributed by atoms with Gasteiger partial charge in [-0.3, -0.25) is 9.69 Å². The van der Waals surface area contributed by atoms with Crippen LogP contribution in [0.1, 0.15) is 17.3 Å². The van der Waals surface area contributed by atoms with Crippen LogP contribution in [0.15, 0.2) is 54.7 Å². The Morgan fingerprint density at radius 2 is 2.04 bits per heavy atom. The molecule has 0 bridgehead atoms. The Kier molecular flexibility index (Phi) is 4.86. The van der Waals surface area contributed by atoms with Gasteiger partial charge in [0.1, 0.15) is 5.75 Å². The lowest BCUT2D eigenvalue weighted by molar-refractivity contribution is 0.0919. The average molecular weight is 363 g/mol. The number of carbonyl (C=O) groups excluding carboxylic acids is 1. The highest BCUT2D eigenvalue weighted by Crippen LogP contribution is 2.25. The molecule has 0 radical (unpaired) electrons. The van der Waals surface area contributed by atoms with Gasteiger partial charge in [-0.15, -0.1) is 0 Å². The topological polar surface area (TPSA) is 48.6 Å². The van der Waals surface area contributed by atoms with E-state index in [1.165, 1.54) is 5.69 Å². The van der Waals surface area contributed by atoms with Crippen molar-refractivity contribution < 1.29 is 9.53 Å². The van der Waals surface area contributed by atoms with Crippen molar-refractivity contribution in [2.24, 2.45) is 0 Å². The molecule has 1 aromatic heterocycles. The molecule has 4 rings (SSSR count). The number of carbonyl (C=O) groups is 1. The highest BCUT2D eigenvalue weighted by Gasteiger charge is 2.26. The number of methoxy groups -OCH3 is 1. The summed E-state index contributed by atoms with van der Waals surface area (Å²) in [5.41, 5.74) is 2.97. The molecule has 1 unspecified atom stereocenters. The van der Waals surface area contributed by atoms with E-state index < -0.39 is 0 Å². The summed E-state index contributed by atoms with van der Waals surface area (Å²) >= 11 is 0. The number of rotatable bonds is 5. The smallest absolute Gasteiger partial charge is 0.178 e. The molecule has 140 valence electrons. The summed E-state index contributed by atoms with van der Waals surface area (Å²) in [5, 5.41) is 1.01. The van der Waals surface area contributed by atoms with E-state index in [-0.39, 0.29) is 5.78 Å². The standard InChI is InChI=1S/C22H25N3O2/c1-16-14-24(10-11-25(16)17-6-5-7-18(12-17)27-2)15-22(26)20-13-23-21-9-4-3-8-19(20)21/h3-9,12-13,16,23H,10-11,14-15H2,1-2H3. The number of hydrogen-bond acceptors (Lipinski definition) is 4. The van der Waals surface area contributed by atoms with Crippen molar-refractivity contribution in [1.29, 1.82) is 0 Å². The minimum atomic E-state index is 0.175. The minimum Gasteiger partial charge on any atom is -0.497 e. The molecule has 1 atom stereocenters. The molecule has 0 amide bonds. The molecule has 1 fully saturated rings. The number of hydrogen-bond donors (Lipinski definition) is 1. The molecule has 1 aliphatic heterocycles. The van der Waals surface area contributed by atoms with Crippen molar-refractivity contribution in [1.82, 2.24) is 9.88 Å². The lowest BCUT2D eigenvalue weighted by Crippen LogP contribution is -2.53. The highest BCUT2D eigenvalue weighted by atomic mass is 16.5. The molecule has 0 spiro atoms. The summed E-state index contributed by atoms with van der Waals surface area (Å²) < 4.78 is 5.35. The van der Waals surface area contributed by atoms with Crippen LogP contribution >= 0.6 is 0 Å². The zero-order valence-electron chi connectivity index (χ0n) is 15.8. The number of para-hydroxylation sites is 1. The first kappa shape index (κ1) is 17.6. The van der Waals surface area contributed by atoms with Gasteiger partial charge in [0.05, 0.1) is 13.7 Å². The van der Waals surface area contributed by atoms with Crippen molar-refractivity contribution in [2.45, 2.75) is 13.0 Å². The maximum atomic E-state index is 12.8. The summed E-state index contributed by atoms with van der Waals surface area (Å²) in [7, 11) is 1.69. The van der Waals surface area contributed by atoms with Crippen LogP contribution in [-0.4, -0.2) is 55.0 Å². The van der Waals surface area contributed by atoms with E-state index in [2.05, 4.69) is 33.8 Å². The third-order valence-corrected chi connectivity index (χ3v) is 5.35. The lowest BCUT2D eigenvalue weighted by Gasteiger charge is -2.41. The number of aromatic nitrogens is 1. The van der Waals surface area contributed by atoms with Gasteiger partial charge in [-0.1, -0.05) is 24.3 Å². The number of fused-ring (bicyclic) bond motifs is 1. The molecule has 0 saturated carbocycles. The second-order valence-corrected chi connectivity index (χ2v) is 7.15. The molecule has 3 aromatic rings. The van der Waals surface area contributed by atoms with Gasteiger partial charge >= 0.3 is 0 Å². The van der Waals surface area contributed by atoms with E-state index in [1.54, 1.807) is 7.11 Å². The lowest BCUT2D eigenvalue weighted by atomic mass is 10.1. The van der Waals surface area contributed by atoms with Crippen molar-refractivity contribution in [2.75, 3.05) is 38.2 Å². The van der Waals surface area contributed by atoms with Gasteiger partial charge in [-0.25, -0.2) is 0 Å². The number of nitrogens with zero attached hydrogens (tertiary/aromatic N) is 2. The Morgan fingerprint density at radius 3 is 2.85 bits per heavy atom. The fourth-order valence-corrected chi connectivity index (χ4v) is 3.94. The number of Topliss-reactive ketones (excluding diaryl/α,β-unsaturated/α-hetero) is 1. The first-order valence-electron chi connectivity index (χ1n) is 9.38. The molecule has 27 heavy (non-hydrogen) atoms. The van der Waals surface area contributed by atoms with Gasteiger partial charge in [0.25, 0.3) is 0 Å². The molecule has 1 N–H and O–H groups in total. The highest BCUT2D eigenvalue weighted by molar-refractivity contribution is 6.08. The van der Waals surface area contributed by atoms with Crippen LogP contribution in [-0.2, 0) is 0 Å². The first-order valence-corrected chi connectivity index (χ1v) is 9.38. The first-order chi connectivity index (χ1) is 13.2. The van der Waals surface area contributed by atoms with Crippen molar-refractivity contribution in [3.05, 3.63) is 60.3 Å². The fraction of sp³-hybridized carbons (Fsp3) is 0.318. The number of H-pyrrole nitrogens is 1. The Labute approximate surface area is 159 Å². The predicted molar refractivity (Wildman–Crippen MR) is 109 cm³/mol. The van der Waals surface area contributed by atoms with Gasteiger partial charge < -0.3 is 14.6 Å². The summed E-state index contributed by atoms with van der Waals surface area (Å²) in [6.45, 7) is 5.30. The summed E-state index contributed by atoms with van der Waals surface area (Å²) in [6, 6.07) is 16.5. The quantitative estimate of drug-likeness (QED) is 0.704. The van der Waals surface area contributed by atoms with Crippen LogP contribution in [0.25, 0.3) is 10.9 Å². The van der Waals surface area contributed by atoms with Crippen molar-refractivity contribution in [3.8, 4) is 5.75 Å². The van der Waals surface area contributed by atoms with E-state index in [4.69, 9.17) is 4.74 Å². The van der Waals surface area contributed by atoms with Gasteiger partial charge in [-0.2, -0.15) is 0 Å². The molecule has 2 aromatic carbocycles. The second-order valence-electron chi connectivity index (χ2n) is 7.15. The van der Waals surface area contributed by atoms with Crippen molar-refractivity contribution in [3.63, 3.8) is 0 Å². The number of nitrogens with one attached hydrogen (secondary N) is 1. The zero-order chi connectivity index (χ0) is 18.8. The predicted octanol–water partition coefficient (Wildman–Crippen LogP) is 3.57. The maximum absolute atomic E-state index is 12.8. The van der Waals surface area contributed by atoms with Gasteiger partial charge in [0.15, 0.2) is 5.78 Å². The number of benzene rings is 2. The Hall–Kier alpha value is -2.79. The van der Waals surface area contributed by atoms with E-state index in [0.29, 0.717) is 12.6 Å². The number of ether oxygens (including phenoxy) is 1. The van der Waals surface area contributed by atoms with Gasteiger partial charge in [0, 0.05) is 60.1 Å². The van der Waals surface area contributed by atoms with Crippen LogP contribution in [0, 0.1) is 0 Å². The van der Waals surface area contributed by atoms with Crippen LogP contribution in [0.3, 0.4) is 0 Å². The van der Waals surface area contributed by atoms with E-state index in [9.17, 15) is 4.79 Å². The normalized spacial score (nSPS) is 18.0. The molecule has 1 saturated heterocycles. The number of piperazine rings is 1. The van der Waals surface area contributed by atoms with Crippen LogP contribution in [0.4, 0.5) is 5.69 Å². The van der Waals surface area contributed by atoms with Crippen LogP contribution < -0.4 is 9.64 Å². The van der Waals surface area contributed by atoms with Gasteiger partial charge in [-0.05, 0) is 25.1 Å². The fourth-order valence-electron chi connectivity index (χ4n) is 3.94. The Balaban J connectivity index is 1.43. The third-order valence-electron chi connectivity index (χ3n) is 5.35. The summed E-state index contributed by atoms with van der Waals surface area (Å²) in [4.78, 5) is 20.7. The summed E-state index contributed by atoms with van der Waals surface area (Å²) in [6.07, 6.45) is 1.84. The second kappa shape index (κ2) is 7.45. The number of aromatic amines is 1. The maximum Gasteiger partial charge on any atom is 0.178 e. The SMILES string of the molecule is COc1cccc(N2CCN(CC(=O)c3c[nH]c4ccccc34)CC2C)c1. The molecule has 0 aliphatic carbocycles. The van der Waals surface area contributed by atoms with Crippen LogP contribution in [0.2, 0.25) is 0 Å². The Morgan fingerprint density at radius 1 is 1.19 bits per heavy atom. The van der Waals surface area contributed by atoms with Gasteiger partial charge in [0.2, 0.25) is 0 Å². The summed E-state index contributed by atoms with van der Waals surface area (Å²) in [5.74, 6) is 1.05. The monoisotopic (exact) mass is 363 g/mol. The zero-order valence-corrected chi connectivity index (χ0v) is 15.8. The largest absolute Gasteiger partial charge is 0.497 e. The molecule has 5 nitrogen and oxygen atoms in total. The van der Waals surface area contributed by atoms with E-state index >= 15 is 0 Å². The molecular formula is C22H25N3O2. The minimum absolute atomic E-state index is 0.175. The average Bonchev–Trinajstić information content (AvgIpc) is 3.12.